The van der Waals surface area contributed by atoms with Crippen LogP contribution in [0, 0.1) is 6.92 Å². The van der Waals surface area contributed by atoms with Crippen molar-refractivity contribution in [3.8, 4) is 0 Å². The van der Waals surface area contributed by atoms with Gasteiger partial charge in [-0.3, -0.25) is 9.69 Å². The minimum absolute atomic E-state index is 0.0939. The van der Waals surface area contributed by atoms with E-state index < -0.39 is 0 Å². The number of carbonyl (C=O) groups is 1. The zero-order valence-electron chi connectivity index (χ0n) is 14.3. The summed E-state index contributed by atoms with van der Waals surface area (Å²) in [4.78, 5) is 16.8. The third-order valence-corrected chi connectivity index (χ3v) is 6.60. The molecule has 0 spiro atoms. The number of anilines is 1. The quantitative estimate of drug-likeness (QED) is 0.754. The van der Waals surface area contributed by atoms with Crippen molar-refractivity contribution in [3.63, 3.8) is 0 Å². The second-order valence-electron chi connectivity index (χ2n) is 6.50. The fourth-order valence-electron chi connectivity index (χ4n) is 3.40. The second kappa shape index (κ2) is 6.46. The molecule has 2 atom stereocenters. The van der Waals surface area contributed by atoms with Crippen LogP contribution in [-0.4, -0.2) is 27.7 Å². The monoisotopic (exact) mass is 368 g/mol. The maximum absolute atomic E-state index is 13.0. The van der Waals surface area contributed by atoms with Crippen molar-refractivity contribution < 1.29 is 4.79 Å². The van der Waals surface area contributed by atoms with Gasteiger partial charge < -0.3 is 4.90 Å². The van der Waals surface area contributed by atoms with E-state index in [1.165, 1.54) is 16.7 Å². The molecule has 2 aromatic carbocycles. The summed E-state index contributed by atoms with van der Waals surface area (Å²) >= 11 is 7.51. The Labute approximate surface area is 158 Å². The van der Waals surface area contributed by atoms with Gasteiger partial charge >= 0.3 is 0 Å². The molecular formula is C20H20N2OS2. The fraction of sp³-hybridized carbons (Fsp3) is 0.300. The van der Waals surface area contributed by atoms with Gasteiger partial charge in [-0.2, -0.15) is 0 Å². The van der Waals surface area contributed by atoms with Crippen LogP contribution in [-0.2, 0) is 11.2 Å². The predicted molar refractivity (Wildman–Crippen MR) is 108 cm³/mol. The zero-order valence-corrected chi connectivity index (χ0v) is 15.9. The minimum atomic E-state index is -0.158. The van der Waals surface area contributed by atoms with Crippen LogP contribution < -0.4 is 4.90 Å². The van der Waals surface area contributed by atoms with Crippen molar-refractivity contribution in [2.75, 3.05) is 10.7 Å². The number of aryl methyl sites for hydroxylation is 2. The number of thioether (sulfide) groups is 1. The number of hydrogen-bond donors (Lipinski definition) is 0. The molecule has 5 heteroatoms. The summed E-state index contributed by atoms with van der Waals surface area (Å²) in [7, 11) is 0. The number of fused-ring (bicyclic) bond motifs is 1. The average Bonchev–Trinajstić information content (AvgIpc) is 3.17. The van der Waals surface area contributed by atoms with E-state index >= 15 is 0 Å². The third kappa shape index (κ3) is 2.75. The molecule has 4 rings (SSSR count). The number of benzene rings is 2. The molecule has 0 N–H and O–H groups in total. The highest BCUT2D eigenvalue weighted by Gasteiger charge is 2.50. The van der Waals surface area contributed by atoms with Gasteiger partial charge in [0.1, 0.15) is 11.4 Å². The summed E-state index contributed by atoms with van der Waals surface area (Å²) in [6, 6.07) is 16.5. The average molecular weight is 369 g/mol. The minimum Gasteiger partial charge on any atom is -0.319 e. The lowest BCUT2D eigenvalue weighted by atomic mass is 10.1. The largest absolute Gasteiger partial charge is 0.319 e. The molecule has 25 heavy (non-hydrogen) atoms. The Kier molecular flexibility index (Phi) is 4.29. The summed E-state index contributed by atoms with van der Waals surface area (Å²) in [6.07, 6.45) is 0.986. The standard InChI is InChI=1S/C20H20N2OS2/c1-3-14-6-10-16(11-7-14)21-18(23)17-12-25-19(22(17)20(21)24)15-8-4-13(2)5-9-15/h4-11,17,19H,3,12H2,1-2H3. The lowest BCUT2D eigenvalue weighted by Gasteiger charge is -2.25. The zero-order chi connectivity index (χ0) is 17.6. The predicted octanol–water partition coefficient (Wildman–Crippen LogP) is 4.31. The molecule has 1 amide bonds. The molecule has 2 heterocycles. The van der Waals surface area contributed by atoms with E-state index in [-0.39, 0.29) is 17.3 Å². The molecule has 2 aliphatic heterocycles. The third-order valence-electron chi connectivity index (χ3n) is 4.88. The Morgan fingerprint density at radius 1 is 1.12 bits per heavy atom. The Hall–Kier alpha value is -1.85. The van der Waals surface area contributed by atoms with Crippen molar-refractivity contribution in [2.45, 2.75) is 31.7 Å². The van der Waals surface area contributed by atoms with Crippen LogP contribution in [0.1, 0.15) is 29.0 Å². The molecule has 2 aromatic rings. The maximum Gasteiger partial charge on any atom is 0.257 e. The number of carbonyl (C=O) groups excluding carboxylic acids is 1. The molecular weight excluding hydrogens is 348 g/mol. The van der Waals surface area contributed by atoms with Gasteiger partial charge in [-0.15, -0.1) is 11.8 Å². The first kappa shape index (κ1) is 16.6. The molecule has 3 nitrogen and oxygen atoms in total. The highest BCUT2D eigenvalue weighted by Crippen LogP contribution is 2.46. The Morgan fingerprint density at radius 2 is 1.80 bits per heavy atom. The first-order valence-electron chi connectivity index (χ1n) is 8.53. The van der Waals surface area contributed by atoms with E-state index in [4.69, 9.17) is 12.2 Å². The van der Waals surface area contributed by atoms with Crippen LogP contribution in [0.4, 0.5) is 5.69 Å². The molecule has 2 saturated heterocycles. The molecule has 0 bridgehead atoms. The van der Waals surface area contributed by atoms with Gasteiger partial charge in [0, 0.05) is 5.75 Å². The summed E-state index contributed by atoms with van der Waals surface area (Å²) in [5, 5.41) is 0.733. The highest BCUT2D eigenvalue weighted by atomic mass is 32.2. The summed E-state index contributed by atoms with van der Waals surface area (Å²) in [5.41, 5.74) is 4.57. The van der Waals surface area contributed by atoms with Crippen LogP contribution >= 0.6 is 24.0 Å². The summed E-state index contributed by atoms with van der Waals surface area (Å²) < 4.78 is 0. The van der Waals surface area contributed by atoms with Crippen molar-refractivity contribution in [1.29, 1.82) is 0 Å². The molecule has 0 aromatic heterocycles. The molecule has 2 aliphatic rings. The van der Waals surface area contributed by atoms with E-state index in [0.717, 1.165) is 17.9 Å². The van der Waals surface area contributed by atoms with Crippen molar-refractivity contribution in [3.05, 3.63) is 65.2 Å². The van der Waals surface area contributed by atoms with E-state index in [1.807, 2.05) is 12.1 Å². The van der Waals surface area contributed by atoms with E-state index in [0.29, 0.717) is 5.11 Å². The van der Waals surface area contributed by atoms with E-state index in [9.17, 15) is 4.79 Å². The van der Waals surface area contributed by atoms with Gasteiger partial charge in [0.05, 0.1) is 5.69 Å². The van der Waals surface area contributed by atoms with Gasteiger partial charge in [-0.1, -0.05) is 48.9 Å². The maximum atomic E-state index is 13.0. The SMILES string of the molecule is CCc1ccc(N2C(=O)C3CSC(c4ccc(C)cc4)N3C2=S)cc1. The molecule has 0 radical (unpaired) electrons. The van der Waals surface area contributed by atoms with Crippen LogP contribution in [0.25, 0.3) is 0 Å². The summed E-state index contributed by atoms with van der Waals surface area (Å²) in [6.45, 7) is 4.21. The van der Waals surface area contributed by atoms with Gasteiger partial charge in [0.15, 0.2) is 5.11 Å². The van der Waals surface area contributed by atoms with Crippen molar-refractivity contribution in [2.24, 2.45) is 0 Å². The van der Waals surface area contributed by atoms with Crippen LogP contribution in [0.5, 0.6) is 0 Å². The summed E-state index contributed by atoms with van der Waals surface area (Å²) in [5.74, 6) is 0.873. The van der Waals surface area contributed by atoms with Crippen LogP contribution in [0.3, 0.4) is 0 Å². The number of thiocarbonyl (C=S) groups is 1. The molecule has 0 saturated carbocycles. The number of nitrogens with zero attached hydrogens (tertiary/aromatic N) is 2. The fourth-order valence-corrected chi connectivity index (χ4v) is 5.31. The van der Waals surface area contributed by atoms with E-state index in [2.05, 4.69) is 55.1 Å². The second-order valence-corrected chi connectivity index (χ2v) is 7.97. The normalized spacial score (nSPS) is 22.6. The highest BCUT2D eigenvalue weighted by molar-refractivity contribution is 7.99. The molecule has 0 aliphatic carbocycles. The smallest absolute Gasteiger partial charge is 0.257 e. The van der Waals surface area contributed by atoms with Gasteiger partial charge in [0.25, 0.3) is 5.91 Å². The van der Waals surface area contributed by atoms with Crippen LogP contribution in [0.2, 0.25) is 0 Å². The van der Waals surface area contributed by atoms with Gasteiger partial charge in [0.2, 0.25) is 0 Å². The van der Waals surface area contributed by atoms with E-state index in [1.54, 1.807) is 16.7 Å². The first-order valence-corrected chi connectivity index (χ1v) is 9.99. The van der Waals surface area contributed by atoms with Crippen molar-refractivity contribution >= 4 is 40.7 Å². The van der Waals surface area contributed by atoms with Crippen LogP contribution in [0.15, 0.2) is 48.5 Å². The number of rotatable bonds is 3. The number of hydrogen-bond acceptors (Lipinski definition) is 3. The van der Waals surface area contributed by atoms with Gasteiger partial charge in [-0.05, 0) is 48.8 Å². The molecule has 128 valence electrons. The van der Waals surface area contributed by atoms with Crippen molar-refractivity contribution in [1.82, 2.24) is 4.90 Å². The lowest BCUT2D eigenvalue weighted by molar-refractivity contribution is -0.119. The molecule has 2 unspecified atom stereocenters. The lowest BCUT2D eigenvalue weighted by Crippen LogP contribution is -2.33. The van der Waals surface area contributed by atoms with Gasteiger partial charge in [-0.25, -0.2) is 0 Å². The Morgan fingerprint density at radius 3 is 2.44 bits per heavy atom. The Balaban J connectivity index is 1.65. The number of amides is 1. The molecule has 2 fully saturated rings. The topological polar surface area (TPSA) is 23.6 Å². The Bertz CT molecular complexity index is 817. The first-order chi connectivity index (χ1) is 12.1.